The molecule has 0 spiro atoms. The smallest absolute Gasteiger partial charge is 0.272 e. The van der Waals surface area contributed by atoms with E-state index >= 15 is 0 Å². The van der Waals surface area contributed by atoms with Crippen LogP contribution < -0.4 is 5.32 Å². The van der Waals surface area contributed by atoms with Crippen molar-refractivity contribution in [3.63, 3.8) is 0 Å². The summed E-state index contributed by atoms with van der Waals surface area (Å²) in [5, 5.41) is 18.4. The summed E-state index contributed by atoms with van der Waals surface area (Å²) in [6, 6.07) is 3.88. The first-order valence-corrected chi connectivity index (χ1v) is 9.41. The molecule has 3 aliphatic rings. The number of hydrogen-bond donors (Lipinski definition) is 2. The summed E-state index contributed by atoms with van der Waals surface area (Å²) in [5.41, 5.74) is 0.471. The van der Waals surface area contributed by atoms with Crippen LogP contribution in [0.1, 0.15) is 39.0 Å². The Morgan fingerprint density at radius 2 is 2.04 bits per heavy atom. The lowest BCUT2D eigenvalue weighted by Gasteiger charge is -2.19. The largest absolute Gasteiger partial charge is 0.507 e. The number of nitrogens with one attached hydrogen (secondary N) is 1. The Kier molecular flexibility index (Phi) is 3.18. The topological polar surface area (TPSA) is 87.5 Å². The van der Waals surface area contributed by atoms with Crippen molar-refractivity contribution < 1.29 is 14.7 Å². The Bertz CT molecular complexity index is 844. The number of nitrogens with zero attached hydrogens (tertiary/aromatic N) is 3. The zero-order chi connectivity index (χ0) is 17.1. The highest BCUT2D eigenvalue weighted by Gasteiger charge is 2.57. The van der Waals surface area contributed by atoms with Crippen LogP contribution in [0.2, 0.25) is 0 Å². The van der Waals surface area contributed by atoms with Gasteiger partial charge in [0.1, 0.15) is 11.4 Å². The standard InChI is InChI=1S/C17H18N4O3S/c22-10-5-14(25-8-10)17(24)20-6-11-12(7-20)15(11)18-16(23)13-3-4-21(19-13)9-1-2-9/h3-5,8-9,11-12,15,22H,1-2,6-7H2,(H,18,23)/t11-,12+,15?. The van der Waals surface area contributed by atoms with Crippen molar-refractivity contribution in [1.29, 1.82) is 0 Å². The number of piperidine rings is 1. The van der Waals surface area contributed by atoms with Crippen LogP contribution in [0, 0.1) is 11.8 Å². The third kappa shape index (κ3) is 2.60. The van der Waals surface area contributed by atoms with Crippen molar-refractivity contribution in [2.75, 3.05) is 13.1 Å². The van der Waals surface area contributed by atoms with E-state index in [9.17, 15) is 14.7 Å². The summed E-state index contributed by atoms with van der Waals surface area (Å²) < 4.78 is 1.87. The maximum atomic E-state index is 12.4. The predicted octanol–water partition coefficient (Wildman–Crippen LogP) is 1.49. The zero-order valence-electron chi connectivity index (χ0n) is 13.5. The van der Waals surface area contributed by atoms with E-state index in [2.05, 4.69) is 10.4 Å². The summed E-state index contributed by atoms with van der Waals surface area (Å²) in [6.07, 6.45) is 4.15. The number of carbonyl (C=O) groups is 2. The van der Waals surface area contributed by atoms with Gasteiger partial charge in [0.25, 0.3) is 11.8 Å². The molecule has 2 aromatic heterocycles. The Balaban J connectivity index is 1.17. The third-order valence-corrected chi connectivity index (χ3v) is 6.24. The molecule has 1 saturated heterocycles. The fraction of sp³-hybridized carbons (Fsp3) is 0.471. The first kappa shape index (κ1) is 14.9. The Labute approximate surface area is 148 Å². The second-order valence-corrected chi connectivity index (χ2v) is 8.03. The highest BCUT2D eigenvalue weighted by atomic mass is 32.1. The van der Waals surface area contributed by atoms with Crippen LogP contribution in [-0.2, 0) is 0 Å². The molecule has 5 rings (SSSR count). The zero-order valence-corrected chi connectivity index (χ0v) is 14.3. The van der Waals surface area contributed by atoms with Gasteiger partial charge in [-0.15, -0.1) is 11.3 Å². The van der Waals surface area contributed by atoms with Gasteiger partial charge in [-0.25, -0.2) is 0 Å². The molecule has 0 radical (unpaired) electrons. The molecule has 0 bridgehead atoms. The highest BCUT2D eigenvalue weighted by Crippen LogP contribution is 2.46. The van der Waals surface area contributed by atoms with Gasteiger partial charge in [0.05, 0.1) is 10.9 Å². The minimum Gasteiger partial charge on any atom is -0.507 e. The number of thiophene rings is 1. The third-order valence-electron chi connectivity index (χ3n) is 5.34. The van der Waals surface area contributed by atoms with Gasteiger partial charge in [0.2, 0.25) is 0 Å². The maximum Gasteiger partial charge on any atom is 0.272 e. The molecule has 2 N–H and O–H groups in total. The van der Waals surface area contributed by atoms with Gasteiger partial charge in [-0.2, -0.15) is 5.10 Å². The fourth-order valence-corrected chi connectivity index (χ4v) is 4.46. The van der Waals surface area contributed by atoms with Crippen molar-refractivity contribution in [1.82, 2.24) is 20.0 Å². The Morgan fingerprint density at radius 3 is 2.68 bits per heavy atom. The number of aromatic hydroxyl groups is 1. The molecule has 2 saturated carbocycles. The van der Waals surface area contributed by atoms with Crippen molar-refractivity contribution >= 4 is 23.2 Å². The van der Waals surface area contributed by atoms with Gasteiger partial charge >= 0.3 is 0 Å². The van der Waals surface area contributed by atoms with E-state index < -0.39 is 0 Å². The number of carbonyl (C=O) groups excluding carboxylic acids is 2. The average Bonchev–Trinajstić information content (AvgIpc) is 3.32. The molecule has 7 nitrogen and oxygen atoms in total. The van der Waals surface area contributed by atoms with E-state index in [1.165, 1.54) is 17.4 Å². The molecule has 25 heavy (non-hydrogen) atoms. The summed E-state index contributed by atoms with van der Waals surface area (Å²) in [5.74, 6) is 0.623. The van der Waals surface area contributed by atoms with Crippen LogP contribution >= 0.6 is 11.3 Å². The predicted molar refractivity (Wildman–Crippen MR) is 90.6 cm³/mol. The molecule has 3 atom stereocenters. The van der Waals surface area contributed by atoms with Crippen LogP contribution in [0.3, 0.4) is 0 Å². The van der Waals surface area contributed by atoms with Crippen LogP contribution in [-0.4, -0.2) is 50.7 Å². The number of aromatic nitrogens is 2. The molecule has 2 amide bonds. The first-order chi connectivity index (χ1) is 12.1. The number of amides is 2. The van der Waals surface area contributed by atoms with Crippen molar-refractivity contribution in [2.45, 2.75) is 24.9 Å². The second-order valence-electron chi connectivity index (χ2n) is 7.12. The molecule has 1 unspecified atom stereocenters. The summed E-state index contributed by atoms with van der Waals surface area (Å²) in [4.78, 5) is 27.1. The molecule has 8 heteroatoms. The van der Waals surface area contributed by atoms with Crippen LogP contribution in [0.4, 0.5) is 0 Å². The van der Waals surface area contributed by atoms with Gasteiger partial charge in [0.15, 0.2) is 0 Å². The maximum absolute atomic E-state index is 12.4. The van der Waals surface area contributed by atoms with Crippen LogP contribution in [0.5, 0.6) is 5.75 Å². The molecule has 0 aromatic carbocycles. The van der Waals surface area contributed by atoms with Crippen molar-refractivity contribution in [2.24, 2.45) is 11.8 Å². The number of fused-ring (bicyclic) bond motifs is 1. The lowest BCUT2D eigenvalue weighted by molar-refractivity contribution is 0.0774. The van der Waals surface area contributed by atoms with Gasteiger partial charge in [-0.1, -0.05) is 0 Å². The summed E-state index contributed by atoms with van der Waals surface area (Å²) >= 11 is 1.26. The van der Waals surface area contributed by atoms with E-state index in [1.807, 2.05) is 15.8 Å². The van der Waals surface area contributed by atoms with E-state index in [0.717, 1.165) is 12.8 Å². The van der Waals surface area contributed by atoms with Crippen LogP contribution in [0.25, 0.3) is 0 Å². The van der Waals surface area contributed by atoms with Crippen LogP contribution in [0.15, 0.2) is 23.7 Å². The lowest BCUT2D eigenvalue weighted by Crippen LogP contribution is -2.37. The van der Waals surface area contributed by atoms with Gasteiger partial charge < -0.3 is 15.3 Å². The van der Waals surface area contributed by atoms with E-state index in [1.54, 1.807) is 11.4 Å². The molecule has 130 valence electrons. The minimum absolute atomic E-state index is 0.0363. The molecular formula is C17H18N4O3S. The number of hydrogen-bond acceptors (Lipinski definition) is 5. The van der Waals surface area contributed by atoms with Gasteiger partial charge in [-0.3, -0.25) is 14.3 Å². The average molecular weight is 358 g/mol. The second kappa shape index (κ2) is 5.32. The Hall–Kier alpha value is -2.35. The fourth-order valence-electron chi connectivity index (χ4n) is 3.73. The van der Waals surface area contributed by atoms with Gasteiger partial charge in [-0.05, 0) is 18.9 Å². The summed E-state index contributed by atoms with van der Waals surface area (Å²) in [7, 11) is 0. The number of rotatable bonds is 4. The molecule has 2 aliphatic carbocycles. The normalized spacial score (nSPS) is 27.2. The lowest BCUT2D eigenvalue weighted by atomic mass is 10.3. The molecule has 3 fully saturated rings. The van der Waals surface area contributed by atoms with Gasteiger partial charge in [0, 0.05) is 48.6 Å². The molecule has 2 aromatic rings. The Morgan fingerprint density at radius 1 is 1.28 bits per heavy atom. The summed E-state index contributed by atoms with van der Waals surface area (Å²) in [6.45, 7) is 1.31. The molecule has 3 heterocycles. The van der Waals surface area contributed by atoms with E-state index in [4.69, 9.17) is 0 Å². The molecule has 1 aliphatic heterocycles. The highest BCUT2D eigenvalue weighted by molar-refractivity contribution is 7.12. The van der Waals surface area contributed by atoms with Crippen molar-refractivity contribution in [3.05, 3.63) is 34.3 Å². The monoisotopic (exact) mass is 358 g/mol. The number of likely N-dealkylation sites (tertiary alicyclic amines) is 1. The SMILES string of the molecule is O=C(NC1[C@H]2CN(C(=O)c3cc(O)cs3)C[C@@H]12)c1ccn(C2CC2)n1. The van der Waals surface area contributed by atoms with E-state index in [-0.39, 0.29) is 23.6 Å². The molecular weight excluding hydrogens is 340 g/mol. The quantitative estimate of drug-likeness (QED) is 0.867. The van der Waals surface area contributed by atoms with E-state index in [0.29, 0.717) is 41.5 Å². The first-order valence-electron chi connectivity index (χ1n) is 8.53. The minimum atomic E-state index is -0.125. The van der Waals surface area contributed by atoms with Crippen molar-refractivity contribution in [3.8, 4) is 5.75 Å².